The van der Waals surface area contributed by atoms with E-state index in [9.17, 15) is 14.7 Å². The predicted octanol–water partition coefficient (Wildman–Crippen LogP) is 2.56. The number of carbonyl (C=O) groups is 2. The normalized spacial score (nSPS) is 34.7. The lowest BCUT2D eigenvalue weighted by Gasteiger charge is -2.56. The zero-order chi connectivity index (χ0) is 22.1. The van der Waals surface area contributed by atoms with Crippen molar-refractivity contribution in [2.24, 2.45) is 29.1 Å². The van der Waals surface area contributed by atoms with Crippen LogP contribution in [0.4, 0.5) is 0 Å². The molecular weight excluding hydrogens is 380 g/mol. The van der Waals surface area contributed by atoms with Crippen molar-refractivity contribution in [3.8, 4) is 0 Å². The van der Waals surface area contributed by atoms with E-state index in [1.54, 1.807) is 0 Å². The van der Waals surface area contributed by atoms with E-state index in [0.717, 1.165) is 25.7 Å². The maximum Gasteiger partial charge on any atom is 0.254 e. The number of rotatable bonds is 5. The van der Waals surface area contributed by atoms with Crippen molar-refractivity contribution in [2.75, 3.05) is 0 Å². The Morgan fingerprint density at radius 1 is 1.17 bits per heavy atom. The smallest absolute Gasteiger partial charge is 0.254 e. The Morgan fingerprint density at radius 3 is 2.43 bits per heavy atom. The summed E-state index contributed by atoms with van der Waals surface area (Å²) in [5.74, 6) is -0.332. The number of carbonyl (C=O) groups excluding carboxylic acids is 2. The van der Waals surface area contributed by atoms with Gasteiger partial charge in [0, 0.05) is 30.4 Å². The molecular formula is C23H36N4O3. The zero-order valence-corrected chi connectivity index (χ0v) is 18.8. The lowest BCUT2D eigenvalue weighted by Crippen LogP contribution is -2.58. The first-order valence-corrected chi connectivity index (χ1v) is 11.2. The molecule has 2 aliphatic carbocycles. The first-order chi connectivity index (χ1) is 14.1. The van der Waals surface area contributed by atoms with E-state index in [0.29, 0.717) is 5.56 Å². The second-order valence-corrected chi connectivity index (χ2v) is 9.93. The van der Waals surface area contributed by atoms with Crippen LogP contribution >= 0.6 is 0 Å². The molecule has 1 heterocycles. The molecule has 0 aromatic carbocycles. The molecule has 2 amide bonds. The number of nitrogens with one attached hydrogen (secondary N) is 2. The number of hydrogen-bond donors (Lipinski definition) is 3. The fourth-order valence-electron chi connectivity index (χ4n) is 5.78. The van der Waals surface area contributed by atoms with Crippen LogP contribution in [0.2, 0.25) is 0 Å². The summed E-state index contributed by atoms with van der Waals surface area (Å²) in [6.45, 7) is 10.2. The molecule has 3 rings (SSSR count). The van der Waals surface area contributed by atoms with Crippen molar-refractivity contribution in [2.45, 2.75) is 78.5 Å². The van der Waals surface area contributed by atoms with E-state index in [1.165, 1.54) is 18.7 Å². The summed E-state index contributed by atoms with van der Waals surface area (Å²) in [6.07, 6.45) is 7.55. The molecule has 0 saturated heterocycles. The summed E-state index contributed by atoms with van der Waals surface area (Å²) < 4.78 is 0. The molecule has 30 heavy (non-hydrogen) atoms. The van der Waals surface area contributed by atoms with Crippen LogP contribution < -0.4 is 10.6 Å². The molecule has 3 N–H and O–H groups in total. The average Bonchev–Trinajstić information content (AvgIpc) is 2.70. The molecule has 0 radical (unpaired) electrons. The fraction of sp³-hybridized carbons (Fsp3) is 0.739. The first-order valence-electron chi connectivity index (χ1n) is 11.2. The predicted molar refractivity (Wildman–Crippen MR) is 114 cm³/mol. The second-order valence-electron chi connectivity index (χ2n) is 9.93. The van der Waals surface area contributed by atoms with Gasteiger partial charge in [0.2, 0.25) is 5.91 Å². The largest absolute Gasteiger partial charge is 0.392 e. The molecule has 7 heteroatoms. The van der Waals surface area contributed by atoms with Gasteiger partial charge in [-0.25, -0.2) is 9.97 Å². The van der Waals surface area contributed by atoms with Gasteiger partial charge in [0.25, 0.3) is 5.91 Å². The molecule has 0 aliphatic heterocycles. The third kappa shape index (κ3) is 4.51. The fourth-order valence-corrected chi connectivity index (χ4v) is 5.78. The van der Waals surface area contributed by atoms with Crippen molar-refractivity contribution in [1.82, 2.24) is 20.6 Å². The van der Waals surface area contributed by atoms with E-state index in [1.807, 2.05) is 20.8 Å². The molecule has 2 aliphatic rings. The molecule has 7 atom stereocenters. The average molecular weight is 417 g/mol. The topological polar surface area (TPSA) is 104 Å². The Morgan fingerprint density at radius 2 is 1.80 bits per heavy atom. The minimum absolute atomic E-state index is 0.00930. The highest BCUT2D eigenvalue weighted by atomic mass is 16.3. The molecule has 1 aromatic heterocycles. The van der Waals surface area contributed by atoms with Crippen molar-refractivity contribution in [3.05, 3.63) is 24.3 Å². The molecule has 2 saturated carbocycles. The minimum atomic E-state index is -0.563. The van der Waals surface area contributed by atoms with E-state index in [-0.39, 0.29) is 53.0 Å². The Hall–Kier alpha value is -2.02. The van der Waals surface area contributed by atoms with Gasteiger partial charge in [-0.15, -0.1) is 0 Å². The number of aromatic nitrogens is 2. The SMILES string of the molecule is CC(C)NC(=O)C(C)C1CCC2(C)CCC(NC(=O)c3cncnc3)C(C)C2C1O. The third-order valence-corrected chi connectivity index (χ3v) is 7.51. The van der Waals surface area contributed by atoms with Crippen LogP contribution in [0.5, 0.6) is 0 Å². The number of fused-ring (bicyclic) bond motifs is 1. The van der Waals surface area contributed by atoms with E-state index >= 15 is 0 Å². The number of hydrogen-bond acceptors (Lipinski definition) is 5. The summed E-state index contributed by atoms with van der Waals surface area (Å²) in [5.41, 5.74) is 0.472. The Kier molecular flexibility index (Phi) is 6.80. The highest BCUT2D eigenvalue weighted by Gasteiger charge is 2.53. The summed E-state index contributed by atoms with van der Waals surface area (Å²) in [5, 5.41) is 17.5. The lowest BCUT2D eigenvalue weighted by molar-refractivity contribution is -0.142. The van der Waals surface area contributed by atoms with Crippen LogP contribution in [-0.2, 0) is 4.79 Å². The van der Waals surface area contributed by atoms with Gasteiger partial charge in [-0.2, -0.15) is 0 Å². The van der Waals surface area contributed by atoms with Crippen LogP contribution in [0.3, 0.4) is 0 Å². The van der Waals surface area contributed by atoms with Crippen molar-refractivity contribution >= 4 is 11.8 Å². The maximum atomic E-state index is 12.6. The van der Waals surface area contributed by atoms with Crippen molar-refractivity contribution in [1.29, 1.82) is 0 Å². The summed E-state index contributed by atoms with van der Waals surface area (Å²) in [6, 6.07) is 0.0603. The standard InChI is InChI=1S/C23H36N4O3/c1-13(2)26-21(29)14(3)17-6-8-23(5)9-7-18(15(4)19(23)20(17)28)27-22(30)16-10-24-12-25-11-16/h10-15,17-20,28H,6-9H2,1-5H3,(H,26,29)(H,27,30). The Bertz CT molecular complexity index is 756. The molecule has 7 nitrogen and oxygen atoms in total. The third-order valence-electron chi connectivity index (χ3n) is 7.51. The molecule has 7 unspecified atom stereocenters. The molecule has 1 aromatic rings. The van der Waals surface area contributed by atoms with Crippen molar-refractivity contribution < 1.29 is 14.7 Å². The second kappa shape index (κ2) is 9.00. The Balaban J connectivity index is 1.74. The van der Waals surface area contributed by atoms with Gasteiger partial charge in [0.05, 0.1) is 11.7 Å². The summed E-state index contributed by atoms with van der Waals surface area (Å²) >= 11 is 0. The first kappa shape index (κ1) is 22.7. The number of aliphatic hydroxyl groups is 1. The van der Waals surface area contributed by atoms with Gasteiger partial charge in [-0.05, 0) is 62.7 Å². The van der Waals surface area contributed by atoms with Gasteiger partial charge in [0.15, 0.2) is 0 Å². The van der Waals surface area contributed by atoms with Gasteiger partial charge in [0.1, 0.15) is 6.33 Å². The summed E-state index contributed by atoms with van der Waals surface area (Å²) in [7, 11) is 0. The quantitative estimate of drug-likeness (QED) is 0.684. The van der Waals surface area contributed by atoms with E-state index in [4.69, 9.17) is 0 Å². The van der Waals surface area contributed by atoms with Crippen LogP contribution in [-0.4, -0.2) is 45.1 Å². The number of aliphatic hydroxyl groups excluding tert-OH is 1. The molecule has 166 valence electrons. The van der Waals surface area contributed by atoms with E-state index < -0.39 is 6.10 Å². The minimum Gasteiger partial charge on any atom is -0.392 e. The highest BCUT2D eigenvalue weighted by molar-refractivity contribution is 5.93. The highest BCUT2D eigenvalue weighted by Crippen LogP contribution is 2.55. The molecule has 2 fully saturated rings. The van der Waals surface area contributed by atoms with Gasteiger partial charge in [-0.3, -0.25) is 9.59 Å². The summed E-state index contributed by atoms with van der Waals surface area (Å²) in [4.78, 5) is 33.1. The van der Waals surface area contributed by atoms with Gasteiger partial charge in [-0.1, -0.05) is 20.8 Å². The van der Waals surface area contributed by atoms with Crippen LogP contribution in [0.25, 0.3) is 0 Å². The zero-order valence-electron chi connectivity index (χ0n) is 18.8. The number of nitrogens with zero attached hydrogens (tertiary/aromatic N) is 2. The van der Waals surface area contributed by atoms with Crippen LogP contribution in [0.15, 0.2) is 18.7 Å². The molecule has 0 bridgehead atoms. The van der Waals surface area contributed by atoms with Crippen molar-refractivity contribution in [3.63, 3.8) is 0 Å². The maximum absolute atomic E-state index is 12.6. The Labute approximate surface area is 179 Å². The monoisotopic (exact) mass is 416 g/mol. The molecule has 0 spiro atoms. The van der Waals surface area contributed by atoms with Crippen LogP contribution in [0, 0.1) is 29.1 Å². The van der Waals surface area contributed by atoms with Gasteiger partial charge >= 0.3 is 0 Å². The number of amides is 2. The van der Waals surface area contributed by atoms with Gasteiger partial charge < -0.3 is 15.7 Å². The van der Waals surface area contributed by atoms with Crippen LogP contribution in [0.1, 0.15) is 70.7 Å². The van der Waals surface area contributed by atoms with E-state index in [2.05, 4.69) is 34.4 Å². The lowest BCUT2D eigenvalue weighted by atomic mass is 9.51.